The monoisotopic (exact) mass is 237 g/mol. The minimum absolute atomic E-state index is 0.152. The average Bonchev–Trinajstić information content (AvgIpc) is 2.31. The first kappa shape index (κ1) is 13.8. The van der Waals surface area contributed by atoms with Gasteiger partial charge in [0.2, 0.25) is 0 Å². The van der Waals surface area contributed by atoms with Gasteiger partial charge < -0.3 is 15.2 Å². The van der Waals surface area contributed by atoms with E-state index >= 15 is 0 Å². The Morgan fingerprint density at radius 3 is 2.47 bits per heavy atom. The lowest BCUT2D eigenvalue weighted by atomic mass is 9.82. The van der Waals surface area contributed by atoms with Gasteiger partial charge in [-0.05, 0) is 29.5 Å². The summed E-state index contributed by atoms with van der Waals surface area (Å²) < 4.78 is 10.5. The average molecular weight is 237 g/mol. The summed E-state index contributed by atoms with van der Waals surface area (Å²) in [6.45, 7) is 7.71. The maximum atomic E-state index is 5.99. The maximum absolute atomic E-state index is 5.99. The second-order valence-corrected chi connectivity index (χ2v) is 4.83. The van der Waals surface area contributed by atoms with Crippen molar-refractivity contribution < 1.29 is 9.47 Å². The Labute approximate surface area is 104 Å². The second kappa shape index (κ2) is 5.92. The molecule has 0 spiro atoms. The lowest BCUT2D eigenvalue weighted by Crippen LogP contribution is -2.16. The normalized spacial score (nSPS) is 11.5. The zero-order valence-corrected chi connectivity index (χ0v) is 11.2. The van der Waals surface area contributed by atoms with Crippen LogP contribution in [0.25, 0.3) is 0 Å². The Bertz CT molecular complexity index is 361. The molecule has 1 rings (SSSR count). The molecule has 0 aliphatic heterocycles. The van der Waals surface area contributed by atoms with E-state index < -0.39 is 0 Å². The van der Waals surface area contributed by atoms with E-state index in [1.165, 1.54) is 5.56 Å². The minimum Gasteiger partial charge on any atom is -0.489 e. The van der Waals surface area contributed by atoms with Gasteiger partial charge in [0.15, 0.2) is 0 Å². The predicted octanol–water partition coefficient (Wildman–Crippen LogP) is 2.98. The van der Waals surface area contributed by atoms with E-state index in [9.17, 15) is 0 Å². The van der Waals surface area contributed by atoms with Gasteiger partial charge in [0, 0.05) is 7.11 Å². The van der Waals surface area contributed by atoms with Crippen molar-refractivity contribution in [2.75, 3.05) is 26.1 Å². The highest BCUT2D eigenvalue weighted by molar-refractivity contribution is 5.55. The van der Waals surface area contributed by atoms with Crippen LogP contribution in [-0.4, -0.2) is 20.3 Å². The fraction of sp³-hybridized carbons (Fsp3) is 0.571. The van der Waals surface area contributed by atoms with Gasteiger partial charge in [0.1, 0.15) is 12.4 Å². The molecular weight excluding hydrogens is 214 g/mol. The molecule has 0 aliphatic rings. The molecule has 0 fully saturated rings. The van der Waals surface area contributed by atoms with Crippen LogP contribution < -0.4 is 10.5 Å². The SMILES string of the molecule is CCC(C)(C)c1ccc(OCCOC)c(N)c1. The van der Waals surface area contributed by atoms with Gasteiger partial charge >= 0.3 is 0 Å². The highest BCUT2D eigenvalue weighted by Crippen LogP contribution is 2.31. The molecule has 2 N–H and O–H groups in total. The molecule has 0 heterocycles. The summed E-state index contributed by atoms with van der Waals surface area (Å²) in [5, 5.41) is 0. The van der Waals surface area contributed by atoms with Crippen LogP contribution >= 0.6 is 0 Å². The van der Waals surface area contributed by atoms with Crippen molar-refractivity contribution >= 4 is 5.69 Å². The minimum atomic E-state index is 0.152. The second-order valence-electron chi connectivity index (χ2n) is 4.83. The van der Waals surface area contributed by atoms with Crippen LogP contribution in [0.15, 0.2) is 18.2 Å². The van der Waals surface area contributed by atoms with E-state index in [4.69, 9.17) is 15.2 Å². The van der Waals surface area contributed by atoms with Gasteiger partial charge in [0.25, 0.3) is 0 Å². The Morgan fingerprint density at radius 2 is 1.94 bits per heavy atom. The molecule has 1 aromatic rings. The van der Waals surface area contributed by atoms with Gasteiger partial charge in [-0.15, -0.1) is 0 Å². The Balaban J connectivity index is 2.79. The molecular formula is C14H23NO2. The molecule has 1 aromatic carbocycles. The number of nitrogens with two attached hydrogens (primary N) is 1. The number of ether oxygens (including phenoxy) is 2. The third kappa shape index (κ3) is 3.63. The number of methoxy groups -OCH3 is 1. The lowest BCUT2D eigenvalue weighted by molar-refractivity contribution is 0.146. The molecule has 0 aromatic heterocycles. The van der Waals surface area contributed by atoms with E-state index in [1.807, 2.05) is 12.1 Å². The molecule has 0 saturated heterocycles. The predicted molar refractivity (Wildman–Crippen MR) is 71.5 cm³/mol. The molecule has 0 radical (unpaired) electrons. The molecule has 96 valence electrons. The zero-order valence-electron chi connectivity index (χ0n) is 11.2. The standard InChI is InChI=1S/C14H23NO2/c1-5-14(2,3)11-6-7-13(12(15)10-11)17-9-8-16-4/h6-7,10H,5,8-9,15H2,1-4H3. The van der Waals surface area contributed by atoms with Crippen LogP contribution in [0.4, 0.5) is 5.69 Å². The van der Waals surface area contributed by atoms with Gasteiger partial charge in [-0.1, -0.05) is 26.8 Å². The number of rotatable bonds is 6. The number of nitrogen functional groups attached to an aromatic ring is 1. The van der Waals surface area contributed by atoms with E-state index in [1.54, 1.807) is 7.11 Å². The third-order valence-corrected chi connectivity index (χ3v) is 3.22. The molecule has 0 saturated carbocycles. The van der Waals surface area contributed by atoms with Crippen LogP contribution in [-0.2, 0) is 10.2 Å². The molecule has 3 nitrogen and oxygen atoms in total. The zero-order chi connectivity index (χ0) is 12.9. The van der Waals surface area contributed by atoms with E-state index in [0.29, 0.717) is 18.9 Å². The molecule has 0 amide bonds. The van der Waals surface area contributed by atoms with E-state index in [-0.39, 0.29) is 5.41 Å². The highest BCUT2D eigenvalue weighted by atomic mass is 16.5. The van der Waals surface area contributed by atoms with Crippen LogP contribution in [0.1, 0.15) is 32.8 Å². The van der Waals surface area contributed by atoms with Crippen LogP contribution in [0.3, 0.4) is 0 Å². The fourth-order valence-electron chi connectivity index (χ4n) is 1.54. The van der Waals surface area contributed by atoms with Crippen molar-refractivity contribution in [1.29, 1.82) is 0 Å². The molecule has 3 heteroatoms. The fourth-order valence-corrected chi connectivity index (χ4v) is 1.54. The number of anilines is 1. The first-order chi connectivity index (χ1) is 8.01. The molecule has 17 heavy (non-hydrogen) atoms. The number of hydrogen-bond acceptors (Lipinski definition) is 3. The molecule has 0 unspecified atom stereocenters. The van der Waals surface area contributed by atoms with Crippen molar-refractivity contribution in [2.45, 2.75) is 32.6 Å². The largest absolute Gasteiger partial charge is 0.489 e. The van der Waals surface area contributed by atoms with Crippen LogP contribution in [0, 0.1) is 0 Å². The quantitative estimate of drug-likeness (QED) is 0.611. The van der Waals surface area contributed by atoms with Gasteiger partial charge in [-0.3, -0.25) is 0 Å². The van der Waals surface area contributed by atoms with Gasteiger partial charge in [-0.2, -0.15) is 0 Å². The summed E-state index contributed by atoms with van der Waals surface area (Å²) in [5.41, 5.74) is 8.08. The van der Waals surface area contributed by atoms with E-state index in [0.717, 1.165) is 12.2 Å². The molecule has 0 aliphatic carbocycles. The molecule has 0 bridgehead atoms. The van der Waals surface area contributed by atoms with Gasteiger partial charge in [-0.25, -0.2) is 0 Å². The lowest BCUT2D eigenvalue weighted by Gasteiger charge is -2.24. The Kier molecular flexibility index (Phi) is 4.82. The number of hydrogen-bond donors (Lipinski definition) is 1. The molecule has 0 atom stereocenters. The number of benzene rings is 1. The highest BCUT2D eigenvalue weighted by Gasteiger charge is 2.18. The summed E-state index contributed by atoms with van der Waals surface area (Å²) in [7, 11) is 1.65. The first-order valence-electron chi connectivity index (χ1n) is 6.03. The Morgan fingerprint density at radius 1 is 1.24 bits per heavy atom. The van der Waals surface area contributed by atoms with Crippen molar-refractivity contribution in [2.24, 2.45) is 0 Å². The van der Waals surface area contributed by atoms with Crippen molar-refractivity contribution in [3.05, 3.63) is 23.8 Å². The van der Waals surface area contributed by atoms with Crippen molar-refractivity contribution in [3.8, 4) is 5.75 Å². The summed E-state index contributed by atoms with van der Waals surface area (Å²) in [4.78, 5) is 0. The van der Waals surface area contributed by atoms with Crippen molar-refractivity contribution in [3.63, 3.8) is 0 Å². The third-order valence-electron chi connectivity index (χ3n) is 3.22. The van der Waals surface area contributed by atoms with Crippen LogP contribution in [0.5, 0.6) is 5.75 Å². The Hall–Kier alpha value is -1.22. The summed E-state index contributed by atoms with van der Waals surface area (Å²) in [6.07, 6.45) is 1.08. The van der Waals surface area contributed by atoms with Gasteiger partial charge in [0.05, 0.1) is 12.3 Å². The summed E-state index contributed by atoms with van der Waals surface area (Å²) >= 11 is 0. The van der Waals surface area contributed by atoms with E-state index in [2.05, 4.69) is 26.8 Å². The maximum Gasteiger partial charge on any atom is 0.142 e. The van der Waals surface area contributed by atoms with Crippen LogP contribution in [0.2, 0.25) is 0 Å². The first-order valence-corrected chi connectivity index (χ1v) is 6.03. The van der Waals surface area contributed by atoms with Crippen molar-refractivity contribution in [1.82, 2.24) is 0 Å². The topological polar surface area (TPSA) is 44.5 Å². The summed E-state index contributed by atoms with van der Waals surface area (Å²) in [6, 6.07) is 6.03. The smallest absolute Gasteiger partial charge is 0.142 e. The summed E-state index contributed by atoms with van der Waals surface area (Å²) in [5.74, 6) is 0.734.